The lowest BCUT2D eigenvalue weighted by atomic mass is 9.79. The molecule has 0 aliphatic carbocycles. The first-order chi connectivity index (χ1) is 14.2. The molecule has 0 fully saturated rings. The topological polar surface area (TPSA) is 77.5 Å². The van der Waals surface area contributed by atoms with E-state index in [9.17, 15) is 9.00 Å². The van der Waals surface area contributed by atoms with Crippen LogP contribution < -0.4 is 9.46 Å². The van der Waals surface area contributed by atoms with Crippen molar-refractivity contribution in [3.05, 3.63) is 51.2 Å². The Morgan fingerprint density at radius 1 is 1.19 bits per heavy atom. The van der Waals surface area contributed by atoms with E-state index in [-0.39, 0.29) is 11.6 Å². The van der Waals surface area contributed by atoms with Crippen molar-refractivity contribution in [2.24, 2.45) is 0 Å². The molecule has 0 saturated carbocycles. The van der Waals surface area contributed by atoms with Crippen LogP contribution in [0.15, 0.2) is 34.9 Å². The number of carbonyl (C=O) groups is 1. The third-order valence-corrected chi connectivity index (χ3v) is 6.91. The summed E-state index contributed by atoms with van der Waals surface area (Å²) in [5.74, 6) is 0.514. The number of halogens is 2. The maximum Gasteiger partial charge on any atom is 0.308 e. The molecule has 0 spiro atoms. The molecule has 168 valence electrons. The van der Waals surface area contributed by atoms with Gasteiger partial charge < -0.3 is 9.47 Å². The Bertz CT molecular complexity index is 995. The molecule has 1 aliphatic rings. The van der Waals surface area contributed by atoms with Crippen LogP contribution in [-0.4, -0.2) is 25.5 Å². The molecule has 3 rings (SSSR count). The number of rotatable bonds is 4. The second-order valence-corrected chi connectivity index (χ2v) is 12.7. The van der Waals surface area contributed by atoms with Crippen LogP contribution in [0.2, 0.25) is 5.15 Å². The van der Waals surface area contributed by atoms with E-state index < -0.39 is 32.8 Å². The smallest absolute Gasteiger partial charge is 0.308 e. The predicted octanol–water partition coefficient (Wildman–Crippen LogP) is 5.63. The molecule has 0 saturated heterocycles. The number of nitrogens with one attached hydrogen (secondary N) is 1. The molecule has 2 atom stereocenters. The third kappa shape index (κ3) is 5.30. The number of ether oxygens (including phenoxy) is 2. The van der Waals surface area contributed by atoms with Gasteiger partial charge >= 0.3 is 5.97 Å². The standard InChI is InChI=1S/C22H26BrClN2O4S/c1-20(2,3)30-19(27)11-22(26-31(28)21(4,5)6)14-9-13(23)7-8-16(14)29-17-12-25-18(24)10-15(17)22/h7-10,12,26H,11H2,1-6H3/t22-,31-/m1/s1. The highest BCUT2D eigenvalue weighted by Gasteiger charge is 2.47. The Morgan fingerprint density at radius 2 is 1.84 bits per heavy atom. The zero-order chi connectivity index (χ0) is 23.2. The average Bonchev–Trinajstić information content (AvgIpc) is 2.60. The molecule has 1 N–H and O–H groups in total. The van der Waals surface area contributed by atoms with Gasteiger partial charge in [-0.25, -0.2) is 13.9 Å². The van der Waals surface area contributed by atoms with Crippen molar-refractivity contribution in [3.63, 3.8) is 0 Å². The number of nitrogens with zero attached hydrogens (tertiary/aromatic N) is 1. The summed E-state index contributed by atoms with van der Waals surface area (Å²) in [7, 11) is -1.53. The molecular formula is C22H26BrClN2O4S. The van der Waals surface area contributed by atoms with Crippen molar-refractivity contribution in [2.45, 2.75) is 63.9 Å². The van der Waals surface area contributed by atoms with Gasteiger partial charge in [0.2, 0.25) is 0 Å². The summed E-state index contributed by atoms with van der Waals surface area (Å²) in [5, 5.41) is 0.234. The highest BCUT2D eigenvalue weighted by atomic mass is 79.9. The predicted molar refractivity (Wildman–Crippen MR) is 126 cm³/mol. The van der Waals surface area contributed by atoms with Gasteiger partial charge in [0, 0.05) is 15.6 Å². The highest BCUT2D eigenvalue weighted by molar-refractivity contribution is 9.10. The van der Waals surface area contributed by atoms with E-state index in [2.05, 4.69) is 25.6 Å². The molecule has 0 amide bonds. The van der Waals surface area contributed by atoms with Gasteiger partial charge in [-0.1, -0.05) is 27.5 Å². The largest absolute Gasteiger partial charge is 0.460 e. The second-order valence-electron chi connectivity index (χ2n) is 9.40. The fraction of sp³-hybridized carbons (Fsp3) is 0.455. The van der Waals surface area contributed by atoms with Crippen LogP contribution in [0.3, 0.4) is 0 Å². The highest BCUT2D eigenvalue weighted by Crippen LogP contribution is 2.50. The van der Waals surface area contributed by atoms with Crippen molar-refractivity contribution < 1.29 is 18.5 Å². The summed E-state index contributed by atoms with van der Waals surface area (Å²) in [6.07, 6.45) is 1.39. The summed E-state index contributed by atoms with van der Waals surface area (Å²) in [6.45, 7) is 11.0. The fourth-order valence-electron chi connectivity index (χ4n) is 3.26. The number of hydrogen-bond acceptors (Lipinski definition) is 5. The number of carbonyl (C=O) groups excluding carboxylic acids is 1. The number of esters is 1. The number of aromatic nitrogens is 1. The van der Waals surface area contributed by atoms with Crippen LogP contribution in [0, 0.1) is 0 Å². The van der Waals surface area contributed by atoms with Gasteiger partial charge in [-0.05, 0) is 65.8 Å². The molecule has 0 unspecified atom stereocenters. The Morgan fingerprint density at radius 3 is 2.45 bits per heavy atom. The minimum atomic E-state index is -1.53. The van der Waals surface area contributed by atoms with E-state index in [0.29, 0.717) is 22.6 Å². The van der Waals surface area contributed by atoms with Crippen molar-refractivity contribution >= 4 is 44.5 Å². The van der Waals surface area contributed by atoms with Gasteiger partial charge in [0.05, 0.1) is 33.9 Å². The van der Waals surface area contributed by atoms with E-state index in [0.717, 1.165) is 4.47 Å². The minimum absolute atomic E-state index is 0.119. The van der Waals surface area contributed by atoms with Gasteiger partial charge in [0.15, 0.2) is 5.75 Å². The van der Waals surface area contributed by atoms with Crippen LogP contribution >= 0.6 is 27.5 Å². The molecule has 0 radical (unpaired) electrons. The lowest BCUT2D eigenvalue weighted by molar-refractivity contribution is -0.156. The number of hydrogen-bond donors (Lipinski definition) is 1. The minimum Gasteiger partial charge on any atom is -0.460 e. The zero-order valence-corrected chi connectivity index (χ0v) is 21.5. The molecule has 2 aromatic rings. The third-order valence-electron chi connectivity index (χ3n) is 4.57. The Balaban J connectivity index is 2.27. The second kappa shape index (κ2) is 8.46. The number of pyridine rings is 1. The monoisotopic (exact) mass is 528 g/mol. The lowest BCUT2D eigenvalue weighted by Crippen LogP contribution is -2.51. The van der Waals surface area contributed by atoms with Gasteiger partial charge in [-0.2, -0.15) is 0 Å². The van der Waals surface area contributed by atoms with Crippen LogP contribution in [0.25, 0.3) is 0 Å². The summed E-state index contributed by atoms with van der Waals surface area (Å²) in [6, 6.07) is 7.12. The molecule has 9 heteroatoms. The van der Waals surface area contributed by atoms with Crippen molar-refractivity contribution in [3.8, 4) is 11.5 Å². The quantitative estimate of drug-likeness (QED) is 0.410. The average molecular weight is 530 g/mol. The van der Waals surface area contributed by atoms with Gasteiger partial charge in [0.25, 0.3) is 0 Å². The fourth-order valence-corrected chi connectivity index (χ4v) is 4.70. The molecule has 1 aromatic heterocycles. The Labute approximate surface area is 198 Å². The SMILES string of the molecule is CC(C)(C)OC(=O)C[C@@]1(N[S@](=O)C(C)(C)C)c2cc(Br)ccc2Oc2cnc(Cl)cc21. The van der Waals surface area contributed by atoms with Gasteiger partial charge in [-0.15, -0.1) is 0 Å². The zero-order valence-electron chi connectivity index (χ0n) is 18.3. The van der Waals surface area contributed by atoms with Crippen molar-refractivity contribution in [1.82, 2.24) is 9.71 Å². The van der Waals surface area contributed by atoms with Crippen molar-refractivity contribution in [1.29, 1.82) is 0 Å². The van der Waals surface area contributed by atoms with Gasteiger partial charge in [0.1, 0.15) is 16.5 Å². The maximum absolute atomic E-state index is 13.3. The first kappa shape index (κ1) is 24.2. The van der Waals surface area contributed by atoms with E-state index in [1.165, 1.54) is 6.20 Å². The van der Waals surface area contributed by atoms with Crippen LogP contribution in [0.5, 0.6) is 11.5 Å². The van der Waals surface area contributed by atoms with E-state index in [1.807, 2.05) is 53.7 Å². The van der Waals surface area contributed by atoms with Crippen molar-refractivity contribution in [2.75, 3.05) is 0 Å². The Hall–Kier alpha value is -1.48. The summed E-state index contributed by atoms with van der Waals surface area (Å²) in [4.78, 5) is 17.2. The maximum atomic E-state index is 13.3. The van der Waals surface area contributed by atoms with E-state index in [1.54, 1.807) is 12.1 Å². The van der Waals surface area contributed by atoms with Crippen LogP contribution in [0.4, 0.5) is 0 Å². The molecule has 1 aliphatic heterocycles. The molecule has 1 aromatic carbocycles. The lowest BCUT2D eigenvalue weighted by Gasteiger charge is -2.41. The molecule has 6 nitrogen and oxygen atoms in total. The molecule has 0 bridgehead atoms. The Kier molecular flexibility index (Phi) is 6.60. The summed E-state index contributed by atoms with van der Waals surface area (Å²) in [5.41, 5.74) is -0.660. The molecule has 31 heavy (non-hydrogen) atoms. The van der Waals surface area contributed by atoms with Crippen LogP contribution in [0.1, 0.15) is 59.1 Å². The molecular weight excluding hydrogens is 504 g/mol. The normalized spacial score (nSPS) is 19.1. The summed E-state index contributed by atoms with van der Waals surface area (Å²) < 4.78 is 28.5. The van der Waals surface area contributed by atoms with E-state index in [4.69, 9.17) is 21.1 Å². The first-order valence-corrected chi connectivity index (χ1v) is 12.1. The summed E-state index contributed by atoms with van der Waals surface area (Å²) >= 11 is 9.74. The number of benzene rings is 1. The van der Waals surface area contributed by atoms with E-state index >= 15 is 0 Å². The van der Waals surface area contributed by atoms with Crippen LogP contribution in [-0.2, 0) is 26.1 Å². The molecule has 2 heterocycles. The number of fused-ring (bicyclic) bond motifs is 2. The first-order valence-electron chi connectivity index (χ1n) is 9.77. The van der Waals surface area contributed by atoms with Gasteiger partial charge in [-0.3, -0.25) is 4.79 Å².